The van der Waals surface area contributed by atoms with Gasteiger partial charge in [-0.1, -0.05) is 18.2 Å². The molecular formula is C14H17ClO2. The third-order valence-electron chi connectivity index (χ3n) is 3.66. The number of alkyl halides is 1. The highest BCUT2D eigenvalue weighted by Gasteiger charge is 2.30. The van der Waals surface area contributed by atoms with Crippen LogP contribution in [-0.2, 0) is 11.2 Å². The van der Waals surface area contributed by atoms with E-state index in [2.05, 4.69) is 12.1 Å². The van der Waals surface area contributed by atoms with Crippen LogP contribution in [0.25, 0.3) is 0 Å². The Morgan fingerprint density at radius 1 is 1.29 bits per heavy atom. The van der Waals surface area contributed by atoms with E-state index < -0.39 is 0 Å². The van der Waals surface area contributed by atoms with Gasteiger partial charge in [0.25, 0.3) is 0 Å². The third kappa shape index (κ3) is 2.43. The van der Waals surface area contributed by atoms with Gasteiger partial charge in [-0.25, -0.2) is 0 Å². The van der Waals surface area contributed by atoms with Crippen LogP contribution in [0.5, 0.6) is 5.75 Å². The highest BCUT2D eigenvalue weighted by molar-refractivity contribution is 6.20. The molecule has 1 saturated heterocycles. The van der Waals surface area contributed by atoms with Gasteiger partial charge in [0.2, 0.25) is 0 Å². The molecule has 2 heterocycles. The largest absolute Gasteiger partial charge is 0.490 e. The number of benzene rings is 1. The van der Waals surface area contributed by atoms with E-state index in [-0.39, 0.29) is 11.5 Å². The maximum Gasteiger partial charge on any atom is 0.123 e. The zero-order chi connectivity index (χ0) is 11.7. The molecule has 3 unspecified atom stereocenters. The first-order chi connectivity index (χ1) is 8.33. The third-order valence-corrected chi connectivity index (χ3v) is 4.24. The number of para-hydroxylation sites is 1. The molecule has 0 aliphatic carbocycles. The van der Waals surface area contributed by atoms with Crippen molar-refractivity contribution in [3.05, 3.63) is 29.8 Å². The lowest BCUT2D eigenvalue weighted by Gasteiger charge is -2.28. The molecular weight excluding hydrogens is 236 g/mol. The lowest BCUT2D eigenvalue weighted by atomic mass is 9.93. The number of ether oxygens (including phenoxy) is 2. The van der Waals surface area contributed by atoms with Gasteiger partial charge in [0.1, 0.15) is 11.9 Å². The Labute approximate surface area is 107 Å². The molecule has 17 heavy (non-hydrogen) atoms. The van der Waals surface area contributed by atoms with Crippen molar-refractivity contribution in [2.45, 2.75) is 30.7 Å². The monoisotopic (exact) mass is 252 g/mol. The molecule has 2 aliphatic rings. The van der Waals surface area contributed by atoms with Crippen molar-refractivity contribution in [2.24, 2.45) is 5.92 Å². The van der Waals surface area contributed by atoms with Gasteiger partial charge in [-0.15, -0.1) is 11.6 Å². The molecule has 3 rings (SSSR count). The molecule has 3 atom stereocenters. The Hall–Kier alpha value is -0.730. The second kappa shape index (κ2) is 4.87. The summed E-state index contributed by atoms with van der Waals surface area (Å²) in [5.41, 5.74) is 1.32. The lowest BCUT2D eigenvalue weighted by molar-refractivity contribution is 0.0397. The predicted molar refractivity (Wildman–Crippen MR) is 67.7 cm³/mol. The average molecular weight is 253 g/mol. The van der Waals surface area contributed by atoms with Crippen molar-refractivity contribution >= 4 is 11.6 Å². The van der Waals surface area contributed by atoms with Crippen LogP contribution in [-0.4, -0.2) is 24.7 Å². The van der Waals surface area contributed by atoms with Gasteiger partial charge in [-0.3, -0.25) is 0 Å². The molecule has 1 aromatic carbocycles. The summed E-state index contributed by atoms with van der Waals surface area (Å²) in [6.45, 7) is 1.58. The molecule has 0 aromatic heterocycles. The van der Waals surface area contributed by atoms with Gasteiger partial charge >= 0.3 is 0 Å². The van der Waals surface area contributed by atoms with Crippen molar-refractivity contribution < 1.29 is 9.47 Å². The van der Waals surface area contributed by atoms with Crippen molar-refractivity contribution in [1.29, 1.82) is 0 Å². The second-order valence-electron chi connectivity index (χ2n) is 4.93. The molecule has 3 heteroatoms. The molecule has 92 valence electrons. The van der Waals surface area contributed by atoms with E-state index in [4.69, 9.17) is 21.1 Å². The standard InChI is InChI=1S/C14H17ClO2/c15-13-5-6-16-9-11(13)8-12-7-10-3-1-2-4-14(10)17-12/h1-4,11-13H,5-9H2. The normalized spacial score (nSPS) is 31.9. The minimum atomic E-state index is 0.246. The summed E-state index contributed by atoms with van der Waals surface area (Å²) in [5.74, 6) is 1.48. The van der Waals surface area contributed by atoms with Crippen molar-refractivity contribution in [3.8, 4) is 5.75 Å². The van der Waals surface area contributed by atoms with E-state index in [1.54, 1.807) is 0 Å². The highest BCUT2D eigenvalue weighted by atomic mass is 35.5. The maximum atomic E-state index is 6.34. The Morgan fingerprint density at radius 2 is 2.18 bits per heavy atom. The van der Waals surface area contributed by atoms with Gasteiger partial charge in [0, 0.05) is 24.3 Å². The highest BCUT2D eigenvalue weighted by Crippen LogP contribution is 2.33. The van der Waals surface area contributed by atoms with Gasteiger partial charge in [-0.2, -0.15) is 0 Å². The summed E-state index contributed by atoms with van der Waals surface area (Å²) in [4.78, 5) is 0. The fourth-order valence-corrected chi connectivity index (χ4v) is 2.97. The van der Waals surface area contributed by atoms with Crippen LogP contribution in [0.4, 0.5) is 0 Å². The minimum Gasteiger partial charge on any atom is -0.490 e. The summed E-state index contributed by atoms with van der Waals surface area (Å²) in [6, 6.07) is 8.28. The smallest absolute Gasteiger partial charge is 0.123 e. The van der Waals surface area contributed by atoms with Gasteiger partial charge in [0.05, 0.1) is 6.61 Å². The van der Waals surface area contributed by atoms with E-state index in [0.29, 0.717) is 5.92 Å². The molecule has 0 amide bonds. The van der Waals surface area contributed by atoms with Crippen LogP contribution >= 0.6 is 11.6 Å². The van der Waals surface area contributed by atoms with Crippen LogP contribution < -0.4 is 4.74 Å². The molecule has 0 spiro atoms. The Kier molecular flexibility index (Phi) is 3.26. The van der Waals surface area contributed by atoms with E-state index in [9.17, 15) is 0 Å². The van der Waals surface area contributed by atoms with Crippen molar-refractivity contribution in [1.82, 2.24) is 0 Å². The molecule has 1 aromatic rings. The van der Waals surface area contributed by atoms with Crippen LogP contribution in [0.1, 0.15) is 18.4 Å². The SMILES string of the molecule is ClC1CCOCC1CC1Cc2ccccc2O1. The van der Waals surface area contributed by atoms with Gasteiger partial charge in [-0.05, 0) is 24.5 Å². The lowest BCUT2D eigenvalue weighted by Crippen LogP contribution is -2.32. The van der Waals surface area contributed by atoms with E-state index in [1.165, 1.54) is 5.56 Å². The quantitative estimate of drug-likeness (QED) is 0.754. The predicted octanol–water partition coefficient (Wildman–Crippen LogP) is 3.02. The van der Waals surface area contributed by atoms with Crippen molar-refractivity contribution in [2.75, 3.05) is 13.2 Å². The summed E-state index contributed by atoms with van der Waals surface area (Å²) >= 11 is 6.34. The number of rotatable bonds is 2. The Bertz CT molecular complexity index is 369. The Morgan fingerprint density at radius 3 is 3.00 bits per heavy atom. The van der Waals surface area contributed by atoms with Crippen LogP contribution in [0.3, 0.4) is 0 Å². The van der Waals surface area contributed by atoms with Crippen molar-refractivity contribution in [3.63, 3.8) is 0 Å². The fraction of sp³-hybridized carbons (Fsp3) is 0.571. The summed E-state index contributed by atoms with van der Waals surface area (Å²) < 4.78 is 11.4. The topological polar surface area (TPSA) is 18.5 Å². The number of hydrogen-bond donors (Lipinski definition) is 0. The minimum absolute atomic E-state index is 0.246. The first-order valence-corrected chi connectivity index (χ1v) is 6.73. The zero-order valence-corrected chi connectivity index (χ0v) is 10.5. The maximum absolute atomic E-state index is 6.34. The fourth-order valence-electron chi connectivity index (χ4n) is 2.71. The molecule has 0 radical (unpaired) electrons. The van der Waals surface area contributed by atoms with Gasteiger partial charge in [0.15, 0.2) is 0 Å². The summed E-state index contributed by atoms with van der Waals surface area (Å²) in [5, 5.41) is 0.246. The number of fused-ring (bicyclic) bond motifs is 1. The Balaban J connectivity index is 1.61. The number of hydrogen-bond acceptors (Lipinski definition) is 2. The number of halogens is 1. The molecule has 0 N–H and O–H groups in total. The second-order valence-corrected chi connectivity index (χ2v) is 5.49. The van der Waals surface area contributed by atoms with E-state index in [1.807, 2.05) is 12.1 Å². The molecule has 2 nitrogen and oxygen atoms in total. The van der Waals surface area contributed by atoms with E-state index in [0.717, 1.165) is 38.2 Å². The molecule has 1 fully saturated rings. The van der Waals surface area contributed by atoms with E-state index >= 15 is 0 Å². The van der Waals surface area contributed by atoms with Gasteiger partial charge < -0.3 is 9.47 Å². The van der Waals surface area contributed by atoms with Crippen LogP contribution in [0, 0.1) is 5.92 Å². The summed E-state index contributed by atoms with van der Waals surface area (Å²) in [6.07, 6.45) is 3.26. The first-order valence-electron chi connectivity index (χ1n) is 6.29. The zero-order valence-electron chi connectivity index (χ0n) is 9.77. The van der Waals surface area contributed by atoms with Crippen LogP contribution in [0.15, 0.2) is 24.3 Å². The first kappa shape index (κ1) is 11.4. The molecule has 0 bridgehead atoms. The average Bonchev–Trinajstić information content (AvgIpc) is 2.74. The molecule has 0 saturated carbocycles. The summed E-state index contributed by atoms with van der Waals surface area (Å²) in [7, 11) is 0. The molecule has 2 aliphatic heterocycles. The van der Waals surface area contributed by atoms with Crippen LogP contribution in [0.2, 0.25) is 0 Å².